The molecule has 21 heavy (non-hydrogen) atoms. The van der Waals surface area contributed by atoms with E-state index in [4.69, 9.17) is 10.8 Å². The maximum absolute atomic E-state index is 5.99. The molecule has 1 aromatic carbocycles. The first kappa shape index (κ1) is 14.3. The van der Waals surface area contributed by atoms with Crippen molar-refractivity contribution in [2.24, 2.45) is 5.73 Å². The van der Waals surface area contributed by atoms with Crippen LogP contribution in [0.1, 0.15) is 54.5 Å². The van der Waals surface area contributed by atoms with E-state index in [1.54, 1.807) is 0 Å². The van der Waals surface area contributed by atoms with Gasteiger partial charge in [-0.1, -0.05) is 42.7 Å². The highest BCUT2D eigenvalue weighted by atomic mass is 15.3. The van der Waals surface area contributed by atoms with Gasteiger partial charge < -0.3 is 5.73 Å². The summed E-state index contributed by atoms with van der Waals surface area (Å²) >= 11 is 0. The number of hydrogen-bond donors (Lipinski definition) is 1. The predicted molar refractivity (Wildman–Crippen MR) is 86.4 cm³/mol. The second-order valence-corrected chi connectivity index (χ2v) is 6.27. The molecule has 2 N–H and O–H groups in total. The van der Waals surface area contributed by atoms with Crippen LogP contribution in [0.3, 0.4) is 0 Å². The molecule has 1 fully saturated rings. The summed E-state index contributed by atoms with van der Waals surface area (Å²) < 4.78 is 2.17. The summed E-state index contributed by atoms with van der Waals surface area (Å²) in [6.45, 7) is 2.78. The van der Waals surface area contributed by atoms with E-state index >= 15 is 0 Å². The van der Waals surface area contributed by atoms with Crippen molar-refractivity contribution in [2.45, 2.75) is 51.0 Å². The van der Waals surface area contributed by atoms with Crippen LogP contribution in [0.15, 0.2) is 36.5 Å². The highest BCUT2D eigenvalue weighted by Crippen LogP contribution is 2.29. The van der Waals surface area contributed by atoms with Crippen molar-refractivity contribution in [3.63, 3.8) is 0 Å². The summed E-state index contributed by atoms with van der Waals surface area (Å²) in [7, 11) is 0. The van der Waals surface area contributed by atoms with Crippen molar-refractivity contribution >= 4 is 0 Å². The molecule has 3 rings (SSSR count). The Morgan fingerprint density at radius 1 is 1.19 bits per heavy atom. The van der Waals surface area contributed by atoms with Gasteiger partial charge in [-0.25, -0.2) is 0 Å². The molecular weight excluding hydrogens is 258 g/mol. The Labute approximate surface area is 127 Å². The summed E-state index contributed by atoms with van der Waals surface area (Å²) in [6, 6.07) is 11.5. The first-order valence-electron chi connectivity index (χ1n) is 8.07. The largest absolute Gasteiger partial charge is 0.330 e. The first-order chi connectivity index (χ1) is 10.3. The zero-order valence-corrected chi connectivity index (χ0v) is 12.8. The zero-order chi connectivity index (χ0) is 14.7. The molecule has 3 heteroatoms. The molecule has 112 valence electrons. The van der Waals surface area contributed by atoms with Crippen LogP contribution in [-0.4, -0.2) is 16.3 Å². The van der Waals surface area contributed by atoms with Crippen molar-refractivity contribution in [3.8, 4) is 0 Å². The van der Waals surface area contributed by atoms with Crippen LogP contribution in [0.4, 0.5) is 0 Å². The molecule has 1 saturated carbocycles. The molecule has 1 unspecified atom stereocenters. The lowest BCUT2D eigenvalue weighted by molar-refractivity contribution is 0.461. The van der Waals surface area contributed by atoms with Crippen LogP contribution in [0.2, 0.25) is 0 Å². The Hall–Kier alpha value is -1.61. The zero-order valence-electron chi connectivity index (χ0n) is 12.8. The van der Waals surface area contributed by atoms with Gasteiger partial charge in [0.1, 0.15) is 0 Å². The number of aromatic nitrogens is 2. The summed E-state index contributed by atoms with van der Waals surface area (Å²) in [5.74, 6) is 0.359. The average molecular weight is 283 g/mol. The lowest BCUT2D eigenvalue weighted by Crippen LogP contribution is -2.15. The second kappa shape index (κ2) is 6.44. The second-order valence-electron chi connectivity index (χ2n) is 6.27. The Bertz CT molecular complexity index is 564. The standard InChI is InChI=1S/C18H25N3/c1-14-6-8-15(9-7-14)16(13-19)12-17-10-11-21(20-17)18-4-2-3-5-18/h6-11,16,18H,2-5,12-13,19H2,1H3. The predicted octanol–water partition coefficient (Wildman–Crippen LogP) is 3.59. The number of benzene rings is 1. The number of nitrogens with two attached hydrogens (primary N) is 1. The Kier molecular flexibility index (Phi) is 4.39. The molecular formula is C18H25N3. The Morgan fingerprint density at radius 3 is 2.57 bits per heavy atom. The topological polar surface area (TPSA) is 43.8 Å². The van der Waals surface area contributed by atoms with Gasteiger partial charge >= 0.3 is 0 Å². The van der Waals surface area contributed by atoms with E-state index in [2.05, 4.69) is 48.1 Å². The van der Waals surface area contributed by atoms with E-state index in [0.717, 1.165) is 12.1 Å². The smallest absolute Gasteiger partial charge is 0.0631 e. The molecule has 0 saturated heterocycles. The highest BCUT2D eigenvalue weighted by molar-refractivity contribution is 5.26. The van der Waals surface area contributed by atoms with Gasteiger partial charge in [-0.05, 0) is 44.4 Å². The van der Waals surface area contributed by atoms with E-state index in [-0.39, 0.29) is 0 Å². The van der Waals surface area contributed by atoms with Gasteiger partial charge in [0.25, 0.3) is 0 Å². The summed E-state index contributed by atoms with van der Waals surface area (Å²) in [4.78, 5) is 0. The lowest BCUT2D eigenvalue weighted by Gasteiger charge is -2.14. The molecule has 1 aromatic heterocycles. The van der Waals surface area contributed by atoms with Crippen LogP contribution in [0.25, 0.3) is 0 Å². The summed E-state index contributed by atoms with van der Waals surface area (Å²) in [5.41, 5.74) is 9.76. The van der Waals surface area contributed by atoms with Crippen molar-refractivity contribution in [1.29, 1.82) is 0 Å². The quantitative estimate of drug-likeness (QED) is 0.911. The van der Waals surface area contributed by atoms with E-state index in [0.29, 0.717) is 18.5 Å². The Balaban J connectivity index is 1.70. The third-order valence-corrected chi connectivity index (χ3v) is 4.65. The third-order valence-electron chi connectivity index (χ3n) is 4.65. The van der Waals surface area contributed by atoms with Crippen LogP contribution in [-0.2, 0) is 6.42 Å². The molecule has 2 aromatic rings. The normalized spacial score (nSPS) is 17.2. The lowest BCUT2D eigenvalue weighted by atomic mass is 9.94. The van der Waals surface area contributed by atoms with Gasteiger partial charge in [0.05, 0.1) is 11.7 Å². The maximum atomic E-state index is 5.99. The van der Waals surface area contributed by atoms with E-state index < -0.39 is 0 Å². The van der Waals surface area contributed by atoms with Crippen LogP contribution < -0.4 is 5.73 Å². The molecule has 0 spiro atoms. The van der Waals surface area contributed by atoms with Crippen molar-refractivity contribution in [2.75, 3.05) is 6.54 Å². The number of nitrogens with zero attached hydrogens (tertiary/aromatic N) is 2. The van der Waals surface area contributed by atoms with E-state index in [1.165, 1.54) is 36.8 Å². The molecule has 1 aliphatic rings. The van der Waals surface area contributed by atoms with Crippen molar-refractivity contribution in [1.82, 2.24) is 9.78 Å². The van der Waals surface area contributed by atoms with Crippen LogP contribution >= 0.6 is 0 Å². The molecule has 0 bridgehead atoms. The van der Waals surface area contributed by atoms with Crippen LogP contribution in [0, 0.1) is 6.92 Å². The maximum Gasteiger partial charge on any atom is 0.0631 e. The molecule has 3 nitrogen and oxygen atoms in total. The minimum absolute atomic E-state index is 0.359. The third kappa shape index (κ3) is 3.35. The van der Waals surface area contributed by atoms with Crippen molar-refractivity contribution in [3.05, 3.63) is 53.3 Å². The molecule has 0 aliphatic heterocycles. The first-order valence-corrected chi connectivity index (χ1v) is 8.07. The minimum Gasteiger partial charge on any atom is -0.330 e. The van der Waals surface area contributed by atoms with Gasteiger partial charge in [0.15, 0.2) is 0 Å². The molecule has 1 heterocycles. The summed E-state index contributed by atoms with van der Waals surface area (Å²) in [5, 5.41) is 4.78. The SMILES string of the molecule is Cc1ccc(C(CN)Cc2ccn(C3CCCC3)n2)cc1. The minimum atomic E-state index is 0.359. The Morgan fingerprint density at radius 2 is 1.90 bits per heavy atom. The highest BCUT2D eigenvalue weighted by Gasteiger charge is 2.18. The van der Waals surface area contributed by atoms with Gasteiger partial charge in [0.2, 0.25) is 0 Å². The average Bonchev–Trinajstić information content (AvgIpc) is 3.17. The monoisotopic (exact) mass is 283 g/mol. The molecule has 0 radical (unpaired) electrons. The number of rotatable bonds is 5. The van der Waals surface area contributed by atoms with Gasteiger partial charge in [0, 0.05) is 12.1 Å². The van der Waals surface area contributed by atoms with Gasteiger partial charge in [-0.3, -0.25) is 4.68 Å². The van der Waals surface area contributed by atoms with Gasteiger partial charge in [-0.15, -0.1) is 0 Å². The number of hydrogen-bond acceptors (Lipinski definition) is 2. The summed E-state index contributed by atoms with van der Waals surface area (Å²) in [6.07, 6.45) is 8.31. The van der Waals surface area contributed by atoms with E-state index in [9.17, 15) is 0 Å². The number of aryl methyl sites for hydroxylation is 1. The van der Waals surface area contributed by atoms with Crippen LogP contribution in [0.5, 0.6) is 0 Å². The van der Waals surface area contributed by atoms with E-state index in [1.807, 2.05) is 0 Å². The van der Waals surface area contributed by atoms with Crippen molar-refractivity contribution < 1.29 is 0 Å². The fourth-order valence-electron chi connectivity index (χ4n) is 3.29. The van der Waals surface area contributed by atoms with Gasteiger partial charge in [-0.2, -0.15) is 5.10 Å². The molecule has 0 amide bonds. The molecule has 1 aliphatic carbocycles. The molecule has 1 atom stereocenters. The fourth-order valence-corrected chi connectivity index (χ4v) is 3.29. The fraction of sp³-hybridized carbons (Fsp3) is 0.500.